The second-order valence-corrected chi connectivity index (χ2v) is 6.50. The summed E-state index contributed by atoms with van der Waals surface area (Å²) in [7, 11) is 1.53. The number of amides is 2. The van der Waals surface area contributed by atoms with E-state index in [1.165, 1.54) is 7.11 Å². The number of carbonyl (C=O) groups excluding carboxylic acids is 2. The van der Waals surface area contributed by atoms with Gasteiger partial charge in [0.2, 0.25) is 6.41 Å². The molecule has 1 N–H and O–H groups in total. The number of aromatic nitrogens is 2. The zero-order chi connectivity index (χ0) is 19.4. The summed E-state index contributed by atoms with van der Waals surface area (Å²) in [5, 5.41) is 3.19. The Hall–Kier alpha value is -2.87. The SMILES string of the molecule is COc1ccc(NC(=O)c2cc(N3CCN(C=O)CC3)nc(C)n2)cc1Cl. The normalized spacial score (nSPS) is 14.0. The Morgan fingerprint density at radius 2 is 1.96 bits per heavy atom. The van der Waals surface area contributed by atoms with E-state index in [4.69, 9.17) is 16.3 Å². The highest BCUT2D eigenvalue weighted by atomic mass is 35.5. The summed E-state index contributed by atoms with van der Waals surface area (Å²) in [5.41, 5.74) is 0.811. The third kappa shape index (κ3) is 4.46. The number of anilines is 2. The largest absolute Gasteiger partial charge is 0.495 e. The van der Waals surface area contributed by atoms with Crippen molar-refractivity contribution in [3.05, 3.63) is 40.8 Å². The van der Waals surface area contributed by atoms with Crippen molar-refractivity contribution in [3.8, 4) is 5.75 Å². The number of rotatable bonds is 5. The number of hydrogen-bond donors (Lipinski definition) is 1. The van der Waals surface area contributed by atoms with Crippen LogP contribution in [-0.4, -0.2) is 60.5 Å². The minimum absolute atomic E-state index is 0.266. The monoisotopic (exact) mass is 389 g/mol. The third-order valence-corrected chi connectivity index (χ3v) is 4.55. The number of nitrogens with zero attached hydrogens (tertiary/aromatic N) is 4. The van der Waals surface area contributed by atoms with Gasteiger partial charge in [0, 0.05) is 37.9 Å². The average Bonchev–Trinajstić information content (AvgIpc) is 2.67. The number of carbonyl (C=O) groups is 2. The molecular weight excluding hydrogens is 370 g/mol. The van der Waals surface area contributed by atoms with Crippen LogP contribution in [0.4, 0.5) is 11.5 Å². The minimum atomic E-state index is -0.352. The zero-order valence-electron chi connectivity index (χ0n) is 15.1. The average molecular weight is 390 g/mol. The number of halogens is 1. The molecule has 1 fully saturated rings. The number of benzene rings is 1. The predicted octanol–water partition coefficient (Wildman–Crippen LogP) is 1.98. The Labute approximate surface area is 162 Å². The van der Waals surface area contributed by atoms with E-state index in [9.17, 15) is 9.59 Å². The van der Waals surface area contributed by atoms with E-state index in [2.05, 4.69) is 15.3 Å². The molecule has 0 unspecified atom stereocenters. The summed E-state index contributed by atoms with van der Waals surface area (Å²) < 4.78 is 5.11. The highest BCUT2D eigenvalue weighted by molar-refractivity contribution is 6.32. The Morgan fingerprint density at radius 3 is 2.59 bits per heavy atom. The molecule has 1 saturated heterocycles. The second-order valence-electron chi connectivity index (χ2n) is 6.09. The zero-order valence-corrected chi connectivity index (χ0v) is 15.9. The molecule has 142 valence electrons. The molecule has 0 aliphatic carbocycles. The fourth-order valence-corrected chi connectivity index (χ4v) is 3.08. The van der Waals surface area contributed by atoms with Gasteiger partial charge in [0.05, 0.1) is 12.1 Å². The summed E-state index contributed by atoms with van der Waals surface area (Å²) in [4.78, 5) is 35.9. The minimum Gasteiger partial charge on any atom is -0.495 e. The van der Waals surface area contributed by atoms with Crippen LogP contribution in [0.1, 0.15) is 16.3 Å². The molecule has 0 radical (unpaired) electrons. The van der Waals surface area contributed by atoms with Gasteiger partial charge in [-0.05, 0) is 25.1 Å². The highest BCUT2D eigenvalue weighted by Crippen LogP contribution is 2.27. The van der Waals surface area contributed by atoms with E-state index < -0.39 is 0 Å². The molecule has 1 aliphatic rings. The number of hydrogen-bond acceptors (Lipinski definition) is 6. The first-order valence-electron chi connectivity index (χ1n) is 8.45. The molecule has 0 atom stereocenters. The van der Waals surface area contributed by atoms with Gasteiger partial charge < -0.3 is 19.9 Å². The lowest BCUT2D eigenvalue weighted by Gasteiger charge is -2.33. The number of aryl methyl sites for hydroxylation is 1. The van der Waals surface area contributed by atoms with Crippen LogP contribution in [0.15, 0.2) is 24.3 Å². The van der Waals surface area contributed by atoms with Crippen molar-refractivity contribution in [1.82, 2.24) is 14.9 Å². The van der Waals surface area contributed by atoms with E-state index in [1.54, 1.807) is 36.1 Å². The Kier molecular flexibility index (Phi) is 5.75. The molecule has 8 nitrogen and oxygen atoms in total. The van der Waals surface area contributed by atoms with Gasteiger partial charge in [-0.1, -0.05) is 11.6 Å². The van der Waals surface area contributed by atoms with Gasteiger partial charge in [-0.3, -0.25) is 9.59 Å². The third-order valence-electron chi connectivity index (χ3n) is 4.25. The van der Waals surface area contributed by atoms with Crippen LogP contribution >= 0.6 is 11.6 Å². The van der Waals surface area contributed by atoms with Gasteiger partial charge in [0.15, 0.2) is 0 Å². The van der Waals surface area contributed by atoms with Crippen molar-refractivity contribution in [2.75, 3.05) is 43.5 Å². The molecule has 2 heterocycles. The van der Waals surface area contributed by atoms with Crippen LogP contribution in [-0.2, 0) is 4.79 Å². The molecule has 0 spiro atoms. The topological polar surface area (TPSA) is 87.7 Å². The molecule has 1 aromatic heterocycles. The summed E-state index contributed by atoms with van der Waals surface area (Å²) >= 11 is 6.10. The van der Waals surface area contributed by atoms with Crippen molar-refractivity contribution >= 4 is 35.4 Å². The fourth-order valence-electron chi connectivity index (χ4n) is 2.83. The smallest absolute Gasteiger partial charge is 0.274 e. The molecule has 27 heavy (non-hydrogen) atoms. The first kappa shape index (κ1) is 18.9. The van der Waals surface area contributed by atoms with Gasteiger partial charge in [0.25, 0.3) is 5.91 Å². The highest BCUT2D eigenvalue weighted by Gasteiger charge is 2.19. The summed E-state index contributed by atoms with van der Waals surface area (Å²) in [6, 6.07) is 6.66. The molecule has 9 heteroatoms. The van der Waals surface area contributed by atoms with Gasteiger partial charge in [-0.15, -0.1) is 0 Å². The maximum atomic E-state index is 12.6. The van der Waals surface area contributed by atoms with Gasteiger partial charge in [-0.2, -0.15) is 0 Å². The van der Waals surface area contributed by atoms with Crippen LogP contribution < -0.4 is 15.0 Å². The number of piperazine rings is 1. The summed E-state index contributed by atoms with van der Waals surface area (Å²) in [5.74, 6) is 1.35. The molecule has 0 bridgehead atoms. The standard InChI is InChI=1S/C18H20ClN5O3/c1-12-20-15(10-17(21-12)24-7-5-23(11-25)6-8-24)18(26)22-13-3-4-16(27-2)14(19)9-13/h3-4,9-11H,5-8H2,1-2H3,(H,22,26). The van der Waals surface area contributed by atoms with E-state index in [0.717, 1.165) is 6.41 Å². The molecule has 3 rings (SSSR count). The number of nitrogens with one attached hydrogen (secondary N) is 1. The maximum absolute atomic E-state index is 12.6. The van der Waals surface area contributed by atoms with Crippen molar-refractivity contribution < 1.29 is 14.3 Å². The number of ether oxygens (including phenoxy) is 1. The quantitative estimate of drug-likeness (QED) is 0.787. The first-order valence-corrected chi connectivity index (χ1v) is 8.83. The van der Waals surface area contributed by atoms with Gasteiger partial charge in [-0.25, -0.2) is 9.97 Å². The lowest BCUT2D eigenvalue weighted by Crippen LogP contribution is -2.46. The van der Waals surface area contributed by atoms with Crippen LogP contribution in [0.5, 0.6) is 5.75 Å². The van der Waals surface area contributed by atoms with Crippen molar-refractivity contribution in [2.24, 2.45) is 0 Å². The van der Waals surface area contributed by atoms with Crippen molar-refractivity contribution in [2.45, 2.75) is 6.92 Å². The van der Waals surface area contributed by atoms with E-state index in [-0.39, 0.29) is 11.6 Å². The van der Waals surface area contributed by atoms with E-state index in [1.807, 2.05) is 4.90 Å². The maximum Gasteiger partial charge on any atom is 0.274 e. The van der Waals surface area contributed by atoms with Gasteiger partial charge >= 0.3 is 0 Å². The van der Waals surface area contributed by atoms with Crippen molar-refractivity contribution in [3.63, 3.8) is 0 Å². The summed E-state index contributed by atoms with van der Waals surface area (Å²) in [6.45, 7) is 4.30. The molecule has 2 aromatic rings. The Balaban J connectivity index is 1.76. The molecule has 1 aliphatic heterocycles. The van der Waals surface area contributed by atoms with Crippen LogP contribution in [0.3, 0.4) is 0 Å². The van der Waals surface area contributed by atoms with Crippen molar-refractivity contribution in [1.29, 1.82) is 0 Å². The van der Waals surface area contributed by atoms with Crippen LogP contribution in [0, 0.1) is 6.92 Å². The second kappa shape index (κ2) is 8.22. The molecular formula is C18H20ClN5O3. The molecule has 1 aromatic carbocycles. The molecule has 0 saturated carbocycles. The number of methoxy groups -OCH3 is 1. The fraction of sp³-hybridized carbons (Fsp3) is 0.333. The summed E-state index contributed by atoms with van der Waals surface area (Å²) in [6.07, 6.45) is 0.849. The predicted molar refractivity (Wildman–Crippen MR) is 103 cm³/mol. The van der Waals surface area contributed by atoms with Gasteiger partial charge in [0.1, 0.15) is 23.1 Å². The Morgan fingerprint density at radius 1 is 1.22 bits per heavy atom. The van der Waals surface area contributed by atoms with Crippen LogP contribution in [0.2, 0.25) is 5.02 Å². The molecule has 2 amide bonds. The first-order chi connectivity index (χ1) is 13.0. The van der Waals surface area contributed by atoms with E-state index in [0.29, 0.717) is 54.3 Å². The Bertz CT molecular complexity index is 853. The lowest BCUT2D eigenvalue weighted by molar-refractivity contribution is -0.118. The lowest BCUT2D eigenvalue weighted by atomic mass is 10.2. The van der Waals surface area contributed by atoms with E-state index >= 15 is 0 Å². The van der Waals surface area contributed by atoms with Crippen LogP contribution in [0.25, 0.3) is 0 Å².